The third kappa shape index (κ3) is 5.97. The van der Waals surface area contributed by atoms with Crippen LogP contribution in [0.5, 0.6) is 0 Å². The summed E-state index contributed by atoms with van der Waals surface area (Å²) in [6.07, 6.45) is 2.25. The van der Waals surface area contributed by atoms with E-state index >= 15 is 0 Å². The van der Waals surface area contributed by atoms with E-state index in [0.717, 1.165) is 38.4 Å². The van der Waals surface area contributed by atoms with Gasteiger partial charge in [0.25, 0.3) is 0 Å². The second-order valence-corrected chi connectivity index (χ2v) is 8.92. The van der Waals surface area contributed by atoms with Crippen LogP contribution in [0.1, 0.15) is 26.7 Å². The van der Waals surface area contributed by atoms with Gasteiger partial charge in [-0.25, -0.2) is 4.79 Å². The maximum absolute atomic E-state index is 12.2. The molecule has 0 bridgehead atoms. The van der Waals surface area contributed by atoms with Crippen molar-refractivity contribution in [1.29, 1.82) is 0 Å². The second-order valence-electron chi connectivity index (χ2n) is 7.11. The Balaban J connectivity index is 1.54. The molecule has 0 aliphatic carbocycles. The average Bonchev–Trinajstić information content (AvgIpc) is 2.47. The number of hydrogen-bond donors (Lipinski definition) is 1. The average molecular weight is 329 g/mol. The lowest BCUT2D eigenvalue weighted by Crippen LogP contribution is -2.50. The summed E-state index contributed by atoms with van der Waals surface area (Å²) in [5.74, 6) is 1.05. The number of carbonyl (C=O) groups is 1. The topological polar surface area (TPSA) is 38.8 Å². The molecular weight excluding hydrogens is 296 g/mol. The number of piperazine rings is 1. The molecule has 2 fully saturated rings. The second kappa shape index (κ2) is 8.41. The third-order valence-corrected chi connectivity index (χ3v) is 5.78. The van der Waals surface area contributed by atoms with E-state index in [2.05, 4.69) is 36.0 Å². The van der Waals surface area contributed by atoms with Gasteiger partial charge in [0, 0.05) is 56.3 Å². The molecule has 0 saturated carbocycles. The van der Waals surface area contributed by atoms with Gasteiger partial charge in [-0.2, -0.15) is 11.8 Å². The first kappa shape index (κ1) is 17.9. The smallest absolute Gasteiger partial charge is 0.317 e. The summed E-state index contributed by atoms with van der Waals surface area (Å²) in [5.41, 5.74) is 0. The van der Waals surface area contributed by atoms with E-state index in [1.54, 1.807) is 0 Å². The van der Waals surface area contributed by atoms with E-state index < -0.39 is 0 Å². The SMILES string of the molecule is CN1CCN(CCCCNC(=O)N2CCSC(C)(C)C2)CC1. The minimum atomic E-state index is 0.118. The molecule has 5 nitrogen and oxygen atoms in total. The van der Waals surface area contributed by atoms with Gasteiger partial charge in [0.1, 0.15) is 0 Å². The molecule has 0 radical (unpaired) electrons. The molecule has 6 heteroatoms. The van der Waals surface area contributed by atoms with Gasteiger partial charge in [-0.1, -0.05) is 0 Å². The molecule has 0 aromatic heterocycles. The van der Waals surface area contributed by atoms with Crippen LogP contribution >= 0.6 is 11.8 Å². The number of nitrogens with one attached hydrogen (secondary N) is 1. The molecule has 0 atom stereocenters. The Morgan fingerprint density at radius 2 is 1.86 bits per heavy atom. The van der Waals surface area contributed by atoms with Crippen LogP contribution in [0.25, 0.3) is 0 Å². The number of unbranched alkanes of at least 4 members (excludes halogenated alkanes) is 1. The minimum Gasteiger partial charge on any atom is -0.338 e. The van der Waals surface area contributed by atoms with E-state index in [4.69, 9.17) is 0 Å². The van der Waals surface area contributed by atoms with Crippen molar-refractivity contribution in [1.82, 2.24) is 20.0 Å². The standard InChI is InChI=1S/C16H32N4OS/c1-16(2)14-20(12-13-22-16)15(21)17-6-4-5-7-19-10-8-18(3)9-11-19/h4-14H2,1-3H3,(H,17,21). The fourth-order valence-electron chi connectivity index (χ4n) is 3.03. The van der Waals surface area contributed by atoms with Gasteiger partial charge in [-0.15, -0.1) is 0 Å². The Morgan fingerprint density at radius 1 is 1.14 bits per heavy atom. The summed E-state index contributed by atoms with van der Waals surface area (Å²) >= 11 is 1.96. The first-order valence-electron chi connectivity index (χ1n) is 8.54. The molecule has 128 valence electrons. The van der Waals surface area contributed by atoms with E-state index in [1.165, 1.54) is 32.6 Å². The zero-order valence-electron chi connectivity index (χ0n) is 14.4. The molecule has 2 amide bonds. The fourth-order valence-corrected chi connectivity index (χ4v) is 4.14. The maximum atomic E-state index is 12.2. The van der Waals surface area contributed by atoms with Crippen molar-refractivity contribution in [3.8, 4) is 0 Å². The molecule has 22 heavy (non-hydrogen) atoms. The van der Waals surface area contributed by atoms with Crippen LogP contribution in [-0.4, -0.2) is 90.6 Å². The van der Waals surface area contributed by atoms with Gasteiger partial charge in [-0.05, 0) is 40.3 Å². The molecule has 0 aromatic rings. The molecule has 2 heterocycles. The largest absolute Gasteiger partial charge is 0.338 e. The van der Waals surface area contributed by atoms with Gasteiger partial charge < -0.3 is 20.0 Å². The van der Waals surface area contributed by atoms with Crippen LogP contribution in [0.15, 0.2) is 0 Å². The fraction of sp³-hybridized carbons (Fsp3) is 0.938. The van der Waals surface area contributed by atoms with Crippen LogP contribution in [0.3, 0.4) is 0 Å². The number of urea groups is 1. The first-order valence-corrected chi connectivity index (χ1v) is 9.52. The van der Waals surface area contributed by atoms with E-state index in [9.17, 15) is 4.79 Å². The minimum absolute atomic E-state index is 0.118. The Morgan fingerprint density at radius 3 is 2.55 bits per heavy atom. The van der Waals surface area contributed by atoms with E-state index in [0.29, 0.717) is 0 Å². The highest BCUT2D eigenvalue weighted by Gasteiger charge is 2.29. The van der Waals surface area contributed by atoms with Crippen LogP contribution in [0.2, 0.25) is 0 Å². The van der Waals surface area contributed by atoms with Crippen LogP contribution in [0.4, 0.5) is 4.79 Å². The molecule has 0 aromatic carbocycles. The van der Waals surface area contributed by atoms with Crippen molar-refractivity contribution < 1.29 is 4.79 Å². The Bertz CT molecular complexity index is 356. The first-order chi connectivity index (χ1) is 10.5. The number of amides is 2. The molecule has 2 aliphatic heterocycles. The number of carbonyl (C=O) groups excluding carboxylic acids is 1. The lowest BCUT2D eigenvalue weighted by atomic mass is 10.2. The lowest BCUT2D eigenvalue weighted by molar-refractivity contribution is 0.152. The van der Waals surface area contributed by atoms with E-state index in [-0.39, 0.29) is 10.8 Å². The zero-order chi connectivity index (χ0) is 16.0. The van der Waals surface area contributed by atoms with Gasteiger partial charge in [0.2, 0.25) is 0 Å². The molecular formula is C16H32N4OS. The van der Waals surface area contributed by atoms with Gasteiger partial charge in [-0.3, -0.25) is 0 Å². The number of likely N-dealkylation sites (N-methyl/N-ethyl adjacent to an activating group) is 1. The van der Waals surface area contributed by atoms with Gasteiger partial charge in [0.15, 0.2) is 0 Å². The van der Waals surface area contributed by atoms with Gasteiger partial charge in [0.05, 0.1) is 0 Å². The lowest BCUT2D eigenvalue weighted by Gasteiger charge is -2.37. The number of thioether (sulfide) groups is 1. The van der Waals surface area contributed by atoms with Crippen LogP contribution < -0.4 is 5.32 Å². The Labute approximate surface area is 139 Å². The molecule has 2 rings (SSSR count). The summed E-state index contributed by atoms with van der Waals surface area (Å²) in [4.78, 5) is 19.1. The third-order valence-electron chi connectivity index (χ3n) is 4.49. The number of rotatable bonds is 5. The monoisotopic (exact) mass is 328 g/mol. The summed E-state index contributed by atoms with van der Waals surface area (Å²) in [6, 6.07) is 0.118. The molecule has 2 saturated heterocycles. The van der Waals surface area contributed by atoms with Crippen molar-refractivity contribution in [2.24, 2.45) is 0 Å². The normalized spacial score (nSPS) is 23.5. The highest BCUT2D eigenvalue weighted by Crippen LogP contribution is 2.29. The van der Waals surface area contributed by atoms with Crippen molar-refractivity contribution in [3.05, 3.63) is 0 Å². The van der Waals surface area contributed by atoms with Gasteiger partial charge >= 0.3 is 6.03 Å². The summed E-state index contributed by atoms with van der Waals surface area (Å²) < 4.78 is 0.191. The molecule has 2 aliphatic rings. The molecule has 0 unspecified atom stereocenters. The number of hydrogen-bond acceptors (Lipinski definition) is 4. The maximum Gasteiger partial charge on any atom is 0.317 e. The van der Waals surface area contributed by atoms with Crippen LogP contribution in [-0.2, 0) is 0 Å². The zero-order valence-corrected chi connectivity index (χ0v) is 15.3. The predicted molar refractivity (Wildman–Crippen MR) is 94.7 cm³/mol. The van der Waals surface area contributed by atoms with Crippen molar-refractivity contribution in [3.63, 3.8) is 0 Å². The van der Waals surface area contributed by atoms with Crippen molar-refractivity contribution in [2.45, 2.75) is 31.4 Å². The summed E-state index contributed by atoms with van der Waals surface area (Å²) in [7, 11) is 2.19. The Kier molecular flexibility index (Phi) is 6.84. The highest BCUT2D eigenvalue weighted by molar-refractivity contribution is 8.00. The highest BCUT2D eigenvalue weighted by atomic mass is 32.2. The van der Waals surface area contributed by atoms with Crippen molar-refractivity contribution >= 4 is 17.8 Å². The predicted octanol–water partition coefficient (Wildman–Crippen LogP) is 1.55. The Hall–Kier alpha value is -0.460. The summed E-state index contributed by atoms with van der Waals surface area (Å²) in [6.45, 7) is 12.9. The number of nitrogens with zero attached hydrogens (tertiary/aromatic N) is 3. The van der Waals surface area contributed by atoms with Crippen LogP contribution in [0, 0.1) is 0 Å². The van der Waals surface area contributed by atoms with Crippen molar-refractivity contribution in [2.75, 3.05) is 65.2 Å². The van der Waals surface area contributed by atoms with E-state index in [1.807, 2.05) is 16.7 Å². The summed E-state index contributed by atoms with van der Waals surface area (Å²) in [5, 5.41) is 3.09. The quantitative estimate of drug-likeness (QED) is 0.777. The molecule has 0 spiro atoms. The molecule has 1 N–H and O–H groups in total.